The summed E-state index contributed by atoms with van der Waals surface area (Å²) in [5, 5.41) is 6.41. The van der Waals surface area contributed by atoms with Gasteiger partial charge in [-0.3, -0.25) is 34.3 Å². The predicted octanol–water partition coefficient (Wildman–Crippen LogP) is 3.00. The van der Waals surface area contributed by atoms with Gasteiger partial charge in [0.05, 0.1) is 38.0 Å². The Morgan fingerprint density at radius 3 is 1.91 bits per heavy atom. The second-order valence-electron chi connectivity index (χ2n) is 13.8. The second-order valence-corrected chi connectivity index (χ2v) is 13.8. The summed E-state index contributed by atoms with van der Waals surface area (Å²) in [5.74, 6) is -3.93. The van der Waals surface area contributed by atoms with E-state index in [2.05, 4.69) is 16.1 Å². The van der Waals surface area contributed by atoms with E-state index in [9.17, 15) is 33.6 Å². The van der Waals surface area contributed by atoms with E-state index >= 15 is 0 Å². The summed E-state index contributed by atoms with van der Waals surface area (Å²) in [6.07, 6.45) is 0.948. The van der Waals surface area contributed by atoms with Gasteiger partial charge in [-0.2, -0.15) is 0 Å². The van der Waals surface area contributed by atoms with Gasteiger partial charge in [-0.15, -0.1) is 0 Å². The molecule has 0 aliphatic carbocycles. The maximum atomic E-state index is 14.4. The van der Waals surface area contributed by atoms with Crippen molar-refractivity contribution in [2.75, 3.05) is 26.8 Å². The summed E-state index contributed by atoms with van der Waals surface area (Å²) in [5.41, 5.74) is 5.07. The predicted molar refractivity (Wildman–Crippen MR) is 209 cm³/mol. The summed E-state index contributed by atoms with van der Waals surface area (Å²) < 4.78 is 10.9. The van der Waals surface area contributed by atoms with Crippen LogP contribution in [0.2, 0.25) is 0 Å². The molecule has 0 aromatic heterocycles. The molecule has 7 amide bonds. The number of ether oxygens (including phenoxy) is 2. The molecule has 4 aromatic carbocycles. The van der Waals surface area contributed by atoms with Gasteiger partial charge in [-0.05, 0) is 41.7 Å². The molecule has 2 aliphatic heterocycles. The molecule has 0 radical (unpaired) electrons. The second kappa shape index (κ2) is 19.3. The minimum atomic E-state index is -1.34. The molecule has 0 saturated carbocycles. The zero-order chi connectivity index (χ0) is 41.0. The Morgan fingerprint density at radius 2 is 1.31 bits per heavy atom. The van der Waals surface area contributed by atoms with Crippen LogP contribution in [-0.4, -0.2) is 101 Å². The van der Waals surface area contributed by atoms with Crippen LogP contribution in [0.25, 0.3) is 0 Å². The Bertz CT molecular complexity index is 2080. The number of likely N-dealkylation sites (tertiary alicyclic amines) is 1. The lowest BCUT2D eigenvalue weighted by Gasteiger charge is -2.31. The van der Waals surface area contributed by atoms with Crippen LogP contribution >= 0.6 is 0 Å². The molecule has 0 spiro atoms. The maximum absolute atomic E-state index is 14.4. The minimum absolute atomic E-state index is 0.107. The summed E-state index contributed by atoms with van der Waals surface area (Å²) in [6.45, 7) is -0.832. The number of benzene rings is 4. The highest BCUT2D eigenvalue weighted by Crippen LogP contribution is 2.23. The summed E-state index contributed by atoms with van der Waals surface area (Å²) in [6, 6.07) is 29.1. The number of amides is 7. The van der Waals surface area contributed by atoms with Crippen LogP contribution in [0.5, 0.6) is 0 Å². The van der Waals surface area contributed by atoms with Gasteiger partial charge >= 0.3 is 12.0 Å². The van der Waals surface area contributed by atoms with Crippen LogP contribution in [-0.2, 0) is 48.2 Å². The van der Waals surface area contributed by atoms with Crippen molar-refractivity contribution in [2.45, 2.75) is 50.5 Å². The van der Waals surface area contributed by atoms with Gasteiger partial charge in [-0.1, -0.05) is 103 Å². The molecule has 3 unspecified atom stereocenters. The Labute approximate surface area is 335 Å². The number of hydrazine groups is 1. The third-order valence-electron chi connectivity index (χ3n) is 9.78. The fourth-order valence-corrected chi connectivity index (χ4v) is 6.87. The molecule has 1 fully saturated rings. The standard InChI is InChI=1S/C43H44N6O9/c1-57-42(55)34(24-29-14-5-2-6-15-29)44-38(51)36-22-13-23-47(36)41(54)35(28-58-27-31-18-9-4-10-19-31)45-43(56)49(25-30-16-7-3-8-17-30)46-37(50)26-48-39(52)32-20-11-12-21-33(32)40(48)53/h2-12,14-21,34-36H,13,22-28H2,1H3,(H,44,51)(H,45,56)(H,46,50). The first-order chi connectivity index (χ1) is 28.1. The van der Waals surface area contributed by atoms with Crippen LogP contribution in [0.3, 0.4) is 0 Å². The molecule has 15 nitrogen and oxygen atoms in total. The van der Waals surface area contributed by atoms with Crippen molar-refractivity contribution in [2.24, 2.45) is 0 Å². The smallest absolute Gasteiger partial charge is 0.337 e. The molecule has 3 atom stereocenters. The summed E-state index contributed by atoms with van der Waals surface area (Å²) in [7, 11) is 1.23. The lowest BCUT2D eigenvalue weighted by atomic mass is 10.1. The van der Waals surface area contributed by atoms with Crippen molar-refractivity contribution >= 4 is 41.5 Å². The lowest BCUT2D eigenvalue weighted by molar-refractivity contribution is -0.146. The zero-order valence-corrected chi connectivity index (χ0v) is 31.9. The van der Waals surface area contributed by atoms with E-state index in [4.69, 9.17) is 9.47 Å². The molecule has 300 valence electrons. The molecule has 0 bridgehead atoms. The highest BCUT2D eigenvalue weighted by Gasteiger charge is 2.40. The fraction of sp³-hybridized carbons (Fsp3) is 0.279. The van der Waals surface area contributed by atoms with Crippen LogP contribution < -0.4 is 16.1 Å². The van der Waals surface area contributed by atoms with Crippen LogP contribution in [0.1, 0.15) is 50.2 Å². The minimum Gasteiger partial charge on any atom is -0.467 e. The average molecular weight is 789 g/mol. The molecule has 15 heteroatoms. The number of carbonyl (C=O) groups is 7. The number of nitrogens with one attached hydrogen (secondary N) is 3. The number of hydrogen-bond donors (Lipinski definition) is 3. The van der Waals surface area contributed by atoms with Crippen molar-refractivity contribution < 1.29 is 43.0 Å². The quantitative estimate of drug-likeness (QED) is 0.0927. The van der Waals surface area contributed by atoms with Crippen molar-refractivity contribution in [1.29, 1.82) is 0 Å². The van der Waals surface area contributed by atoms with E-state index in [1.807, 2.05) is 60.7 Å². The number of imide groups is 1. The third-order valence-corrected chi connectivity index (χ3v) is 9.78. The monoisotopic (exact) mass is 788 g/mol. The zero-order valence-electron chi connectivity index (χ0n) is 31.9. The highest BCUT2D eigenvalue weighted by atomic mass is 16.5. The first-order valence-electron chi connectivity index (χ1n) is 18.8. The number of methoxy groups -OCH3 is 1. The van der Waals surface area contributed by atoms with Gasteiger partial charge in [0, 0.05) is 13.0 Å². The number of rotatable bonds is 15. The molecule has 3 N–H and O–H groups in total. The van der Waals surface area contributed by atoms with Crippen molar-refractivity contribution in [3.63, 3.8) is 0 Å². The lowest BCUT2D eigenvalue weighted by Crippen LogP contribution is -2.60. The van der Waals surface area contributed by atoms with Gasteiger partial charge in [0.2, 0.25) is 11.8 Å². The number of urea groups is 1. The first kappa shape index (κ1) is 40.8. The van der Waals surface area contributed by atoms with E-state index in [-0.39, 0.29) is 43.9 Å². The van der Waals surface area contributed by atoms with Crippen molar-refractivity contribution in [3.8, 4) is 0 Å². The Hall–Kier alpha value is -6.87. The molecule has 4 aromatic rings. The summed E-state index contributed by atoms with van der Waals surface area (Å²) in [4.78, 5) is 96.6. The van der Waals surface area contributed by atoms with E-state index in [1.54, 1.807) is 42.5 Å². The number of carbonyl (C=O) groups excluding carboxylic acids is 7. The number of nitrogens with zero attached hydrogens (tertiary/aromatic N) is 3. The SMILES string of the molecule is COC(=O)C(Cc1ccccc1)NC(=O)C1CCCN1C(=O)C(COCc1ccccc1)NC(=O)N(Cc1ccccc1)NC(=O)CN1C(=O)c2ccccc2C1=O. The van der Waals surface area contributed by atoms with Crippen molar-refractivity contribution in [3.05, 3.63) is 143 Å². The fourth-order valence-electron chi connectivity index (χ4n) is 6.87. The molecule has 1 saturated heterocycles. The average Bonchev–Trinajstić information content (AvgIpc) is 3.83. The van der Waals surface area contributed by atoms with Crippen LogP contribution in [0.4, 0.5) is 4.79 Å². The van der Waals surface area contributed by atoms with Gasteiger partial charge in [-0.25, -0.2) is 14.6 Å². The van der Waals surface area contributed by atoms with E-state index < -0.39 is 66.2 Å². The maximum Gasteiger partial charge on any atom is 0.337 e. The van der Waals surface area contributed by atoms with Gasteiger partial charge in [0.15, 0.2) is 0 Å². The van der Waals surface area contributed by atoms with Crippen LogP contribution in [0.15, 0.2) is 115 Å². The number of hydrogen-bond acceptors (Lipinski definition) is 9. The van der Waals surface area contributed by atoms with Gasteiger partial charge < -0.3 is 25.0 Å². The number of esters is 1. The third kappa shape index (κ3) is 10.1. The molecule has 6 rings (SSSR count). The largest absolute Gasteiger partial charge is 0.467 e. The first-order valence-corrected chi connectivity index (χ1v) is 18.8. The van der Waals surface area contributed by atoms with Gasteiger partial charge in [0.1, 0.15) is 24.7 Å². The molecule has 58 heavy (non-hydrogen) atoms. The van der Waals surface area contributed by atoms with E-state index in [0.29, 0.717) is 18.4 Å². The van der Waals surface area contributed by atoms with E-state index in [0.717, 1.165) is 21.0 Å². The normalized spacial score (nSPS) is 15.6. The summed E-state index contributed by atoms with van der Waals surface area (Å²) >= 11 is 0. The molecule has 2 aliphatic rings. The van der Waals surface area contributed by atoms with Crippen LogP contribution in [0, 0.1) is 0 Å². The highest BCUT2D eigenvalue weighted by molar-refractivity contribution is 6.22. The van der Waals surface area contributed by atoms with E-state index in [1.165, 1.54) is 24.1 Å². The molecular weight excluding hydrogens is 745 g/mol. The Balaban J connectivity index is 1.19. The number of fused-ring (bicyclic) bond motifs is 1. The van der Waals surface area contributed by atoms with Crippen molar-refractivity contribution in [1.82, 2.24) is 30.9 Å². The Morgan fingerprint density at radius 1 is 0.741 bits per heavy atom. The topological polar surface area (TPSA) is 184 Å². The Kier molecular flexibility index (Phi) is 13.6. The molecule has 2 heterocycles. The molecular formula is C43H44N6O9. The van der Waals surface area contributed by atoms with Gasteiger partial charge in [0.25, 0.3) is 17.7 Å².